The number of aromatic hydroxyl groups is 1. The van der Waals surface area contributed by atoms with Crippen LogP contribution in [0.3, 0.4) is 0 Å². The van der Waals surface area contributed by atoms with Crippen molar-refractivity contribution >= 4 is 6.29 Å². The van der Waals surface area contributed by atoms with Gasteiger partial charge in [0.1, 0.15) is 11.5 Å². The number of aryl methyl sites for hydroxylation is 1. The topological polar surface area (TPSA) is 76.4 Å². The SMILES string of the molecule is Cc1ccc(OCC2C3CCNC[C@@H]3C2c2ccnn2C(C)C)c(C=O)c1O. The number of aromatic nitrogens is 2. The lowest BCUT2D eigenvalue weighted by Crippen LogP contribution is -2.56. The van der Waals surface area contributed by atoms with E-state index < -0.39 is 0 Å². The minimum absolute atomic E-state index is 0.00952. The van der Waals surface area contributed by atoms with Gasteiger partial charge in [0.05, 0.1) is 12.2 Å². The molecule has 1 aliphatic heterocycles. The molecular weight excluding hydrogens is 354 g/mol. The Morgan fingerprint density at radius 2 is 2.18 bits per heavy atom. The quantitative estimate of drug-likeness (QED) is 0.749. The highest BCUT2D eigenvalue weighted by atomic mass is 16.5. The average Bonchev–Trinajstić information content (AvgIpc) is 3.15. The third-order valence-corrected chi connectivity index (χ3v) is 6.52. The summed E-state index contributed by atoms with van der Waals surface area (Å²) in [7, 11) is 0. The van der Waals surface area contributed by atoms with E-state index in [1.54, 1.807) is 19.1 Å². The summed E-state index contributed by atoms with van der Waals surface area (Å²) >= 11 is 0. The Balaban J connectivity index is 1.58. The van der Waals surface area contributed by atoms with E-state index in [9.17, 15) is 9.90 Å². The molecule has 6 nitrogen and oxygen atoms in total. The Kier molecular flexibility index (Phi) is 5.15. The second-order valence-corrected chi connectivity index (χ2v) is 8.38. The number of nitrogens with one attached hydrogen (secondary N) is 1. The fraction of sp³-hybridized carbons (Fsp3) is 0.545. The highest BCUT2D eigenvalue weighted by Gasteiger charge is 2.52. The number of ether oxygens (including phenoxy) is 1. The van der Waals surface area contributed by atoms with E-state index in [2.05, 4.69) is 35.0 Å². The van der Waals surface area contributed by atoms with Crippen LogP contribution in [0.2, 0.25) is 0 Å². The van der Waals surface area contributed by atoms with Gasteiger partial charge in [-0.15, -0.1) is 0 Å². The van der Waals surface area contributed by atoms with Crippen LogP contribution in [0.15, 0.2) is 24.4 Å². The van der Waals surface area contributed by atoms with Crippen LogP contribution in [0.4, 0.5) is 0 Å². The molecule has 0 radical (unpaired) electrons. The number of carbonyl (C=O) groups is 1. The predicted molar refractivity (Wildman–Crippen MR) is 107 cm³/mol. The number of phenols is 1. The van der Waals surface area contributed by atoms with Crippen LogP contribution in [0, 0.1) is 24.7 Å². The van der Waals surface area contributed by atoms with Crippen molar-refractivity contribution in [1.29, 1.82) is 0 Å². The van der Waals surface area contributed by atoms with Crippen molar-refractivity contribution in [2.45, 2.75) is 39.2 Å². The van der Waals surface area contributed by atoms with Gasteiger partial charge in [-0.05, 0) is 69.8 Å². The molecule has 2 heterocycles. The maximum Gasteiger partial charge on any atom is 0.157 e. The van der Waals surface area contributed by atoms with E-state index in [1.807, 2.05) is 6.20 Å². The van der Waals surface area contributed by atoms with Crippen molar-refractivity contribution in [2.75, 3.05) is 19.7 Å². The van der Waals surface area contributed by atoms with Crippen LogP contribution in [0.5, 0.6) is 11.5 Å². The van der Waals surface area contributed by atoms with Crippen molar-refractivity contribution in [1.82, 2.24) is 15.1 Å². The maximum absolute atomic E-state index is 11.5. The van der Waals surface area contributed by atoms with Gasteiger partial charge < -0.3 is 15.2 Å². The van der Waals surface area contributed by atoms with Crippen LogP contribution in [0.1, 0.15) is 53.8 Å². The number of benzene rings is 1. The number of hydrogen-bond acceptors (Lipinski definition) is 5. The molecule has 4 rings (SSSR count). The average molecular weight is 383 g/mol. The summed E-state index contributed by atoms with van der Waals surface area (Å²) in [6.45, 7) is 8.70. The van der Waals surface area contributed by atoms with Crippen molar-refractivity contribution in [3.63, 3.8) is 0 Å². The summed E-state index contributed by atoms with van der Waals surface area (Å²) in [5.41, 5.74) is 2.19. The minimum atomic E-state index is 0.00952. The largest absolute Gasteiger partial charge is 0.507 e. The number of phenolic OH excluding ortho intramolecular Hbond substituents is 1. The van der Waals surface area contributed by atoms with Crippen molar-refractivity contribution in [3.8, 4) is 11.5 Å². The Labute approximate surface area is 165 Å². The second kappa shape index (κ2) is 7.59. The van der Waals surface area contributed by atoms with Crippen LogP contribution < -0.4 is 10.1 Å². The first-order chi connectivity index (χ1) is 13.5. The van der Waals surface area contributed by atoms with Gasteiger partial charge in [0.25, 0.3) is 0 Å². The normalized spacial score (nSPS) is 26.6. The van der Waals surface area contributed by atoms with Crippen molar-refractivity contribution in [3.05, 3.63) is 41.2 Å². The van der Waals surface area contributed by atoms with Gasteiger partial charge >= 0.3 is 0 Å². The first-order valence-corrected chi connectivity index (χ1v) is 10.2. The predicted octanol–water partition coefficient (Wildman–Crippen LogP) is 3.31. The molecule has 1 saturated carbocycles. The Bertz CT molecular complexity index is 861. The fourth-order valence-corrected chi connectivity index (χ4v) is 5.08. The number of nitrogens with zero attached hydrogens (tertiary/aromatic N) is 2. The Morgan fingerprint density at radius 1 is 1.36 bits per heavy atom. The number of aldehydes is 1. The number of hydrogen-bond donors (Lipinski definition) is 2. The lowest BCUT2D eigenvalue weighted by Gasteiger charge is -2.54. The first-order valence-electron chi connectivity index (χ1n) is 10.2. The Hall–Kier alpha value is -2.34. The molecule has 150 valence electrons. The van der Waals surface area contributed by atoms with Crippen LogP contribution >= 0.6 is 0 Å². The van der Waals surface area contributed by atoms with Gasteiger partial charge in [0.2, 0.25) is 0 Å². The van der Waals surface area contributed by atoms with E-state index >= 15 is 0 Å². The zero-order valence-corrected chi connectivity index (χ0v) is 16.8. The van der Waals surface area contributed by atoms with E-state index in [-0.39, 0.29) is 11.3 Å². The molecule has 3 unspecified atom stereocenters. The first kappa shape index (κ1) is 19.0. The molecule has 0 spiro atoms. The molecule has 1 aliphatic carbocycles. The molecule has 2 aliphatic rings. The fourth-order valence-electron chi connectivity index (χ4n) is 5.08. The number of piperidine rings is 1. The van der Waals surface area contributed by atoms with Crippen LogP contribution in [-0.4, -0.2) is 40.9 Å². The summed E-state index contributed by atoms with van der Waals surface area (Å²) in [5, 5.41) is 18.2. The summed E-state index contributed by atoms with van der Waals surface area (Å²) in [5.74, 6) is 2.45. The van der Waals surface area contributed by atoms with Gasteiger partial charge in [-0.25, -0.2) is 0 Å². The number of fused-ring (bicyclic) bond motifs is 1. The standard InChI is InChI=1S/C22H29N3O3/c1-13(2)25-19(7-9-24-25)21-16-10-23-8-6-15(16)18(21)12-28-20-5-4-14(3)22(27)17(20)11-26/h4-5,7,9,11,13,15-16,18,21,23,27H,6,8,10,12H2,1-3H3/t15?,16-,18?,21?/m0/s1. The third-order valence-electron chi connectivity index (χ3n) is 6.52. The van der Waals surface area contributed by atoms with Gasteiger partial charge in [-0.1, -0.05) is 6.07 Å². The highest BCUT2D eigenvalue weighted by molar-refractivity contribution is 5.84. The van der Waals surface area contributed by atoms with Gasteiger partial charge in [0, 0.05) is 29.8 Å². The molecule has 6 heteroatoms. The smallest absolute Gasteiger partial charge is 0.157 e. The molecule has 28 heavy (non-hydrogen) atoms. The zero-order valence-electron chi connectivity index (χ0n) is 16.8. The van der Waals surface area contributed by atoms with Gasteiger partial charge in [0.15, 0.2) is 6.29 Å². The molecule has 1 aromatic carbocycles. The van der Waals surface area contributed by atoms with Gasteiger partial charge in [-0.3, -0.25) is 9.48 Å². The summed E-state index contributed by atoms with van der Waals surface area (Å²) in [6, 6.07) is 6.02. The van der Waals surface area contributed by atoms with E-state index in [1.165, 1.54) is 5.69 Å². The monoisotopic (exact) mass is 383 g/mol. The molecule has 1 aromatic heterocycles. The molecule has 2 N–H and O–H groups in total. The van der Waals surface area contributed by atoms with E-state index in [4.69, 9.17) is 4.74 Å². The lowest BCUT2D eigenvalue weighted by molar-refractivity contribution is -0.0258. The molecule has 2 fully saturated rings. The van der Waals surface area contributed by atoms with Crippen molar-refractivity contribution < 1.29 is 14.6 Å². The van der Waals surface area contributed by atoms with Crippen LogP contribution in [0.25, 0.3) is 0 Å². The summed E-state index contributed by atoms with van der Waals surface area (Å²) < 4.78 is 8.23. The molecule has 0 amide bonds. The Morgan fingerprint density at radius 3 is 2.93 bits per heavy atom. The molecule has 0 bridgehead atoms. The molecular formula is C22H29N3O3. The second-order valence-electron chi connectivity index (χ2n) is 8.38. The number of rotatable bonds is 6. The summed E-state index contributed by atoms with van der Waals surface area (Å²) in [6.07, 6.45) is 3.71. The summed E-state index contributed by atoms with van der Waals surface area (Å²) in [4.78, 5) is 11.5. The van der Waals surface area contributed by atoms with Gasteiger partial charge in [-0.2, -0.15) is 5.10 Å². The van der Waals surface area contributed by atoms with E-state index in [0.29, 0.717) is 53.9 Å². The third kappa shape index (κ3) is 3.09. The van der Waals surface area contributed by atoms with Crippen LogP contribution in [-0.2, 0) is 0 Å². The van der Waals surface area contributed by atoms with Crippen molar-refractivity contribution in [2.24, 2.45) is 17.8 Å². The van der Waals surface area contributed by atoms with E-state index in [0.717, 1.165) is 19.5 Å². The molecule has 4 atom stereocenters. The molecule has 2 aromatic rings. The lowest BCUT2D eigenvalue weighted by atomic mass is 9.53. The maximum atomic E-state index is 11.5. The molecule has 1 saturated heterocycles. The highest BCUT2D eigenvalue weighted by Crippen LogP contribution is 2.55. The minimum Gasteiger partial charge on any atom is -0.507 e. The number of carbonyl (C=O) groups excluding carboxylic acids is 1. The zero-order chi connectivity index (χ0) is 19.8.